The Morgan fingerprint density at radius 2 is 1.00 bits per heavy atom. The molecule has 0 aliphatic carbocycles. The number of benzene rings is 2. The van der Waals surface area contributed by atoms with E-state index in [1.54, 1.807) is 24.3 Å². The Kier molecular flexibility index (Phi) is 5.47. The molecule has 24 heavy (non-hydrogen) atoms. The van der Waals surface area contributed by atoms with Crippen LogP contribution in [0.1, 0.15) is 0 Å². The van der Waals surface area contributed by atoms with E-state index in [1.165, 1.54) is 35.5 Å². The molecule has 2 N–H and O–H groups in total. The van der Waals surface area contributed by atoms with Crippen LogP contribution in [0.4, 0.5) is 5.69 Å². The maximum Gasteiger partial charge on any atom is 0.211 e. The van der Waals surface area contributed by atoms with E-state index in [4.69, 9.17) is 34.2 Å². The van der Waals surface area contributed by atoms with Gasteiger partial charge >= 0.3 is 0 Å². The van der Waals surface area contributed by atoms with Crippen molar-refractivity contribution in [2.75, 3.05) is 41.3 Å². The molecule has 0 aliphatic rings. The lowest BCUT2D eigenvalue weighted by Gasteiger charge is -2.17. The summed E-state index contributed by atoms with van der Waals surface area (Å²) < 4.78 is 32.5. The van der Waals surface area contributed by atoms with Crippen LogP contribution in [-0.4, -0.2) is 35.5 Å². The van der Waals surface area contributed by atoms with Crippen LogP contribution in [0.2, 0.25) is 0 Å². The highest BCUT2D eigenvalue weighted by Gasteiger charge is 2.18. The van der Waals surface area contributed by atoms with Crippen LogP contribution >= 0.6 is 0 Å². The minimum Gasteiger partial charge on any atom is -0.493 e. The van der Waals surface area contributed by atoms with Crippen LogP contribution in [0.5, 0.6) is 40.2 Å². The predicted octanol–water partition coefficient (Wildman–Crippen LogP) is 3.10. The van der Waals surface area contributed by atoms with Crippen LogP contribution < -0.4 is 34.2 Å². The number of methoxy groups -OCH3 is 5. The standard InChI is InChI=1S/C17H21NO6/c1-19-12-6-10(18)7-13(20-2)17(12)24-11-8-14(21-3)16(23-5)15(9-11)22-4/h6-9H,18H2,1-5H3. The van der Waals surface area contributed by atoms with E-state index < -0.39 is 0 Å². The van der Waals surface area contributed by atoms with E-state index in [-0.39, 0.29) is 0 Å². The molecule has 0 radical (unpaired) electrons. The lowest BCUT2D eigenvalue weighted by Crippen LogP contribution is -1.99. The smallest absolute Gasteiger partial charge is 0.211 e. The Hall–Kier alpha value is -2.96. The molecule has 0 heterocycles. The molecule has 2 rings (SSSR count). The summed E-state index contributed by atoms with van der Waals surface area (Å²) in [5.74, 6) is 3.17. The number of nitrogens with two attached hydrogens (primary N) is 1. The number of ether oxygens (including phenoxy) is 6. The Bertz CT molecular complexity index is 666. The second kappa shape index (κ2) is 7.54. The lowest BCUT2D eigenvalue weighted by molar-refractivity contribution is 0.317. The Morgan fingerprint density at radius 1 is 0.583 bits per heavy atom. The SMILES string of the molecule is COc1cc(Oc2c(OC)cc(N)cc2OC)cc(OC)c1OC. The summed E-state index contributed by atoms with van der Waals surface area (Å²) in [5, 5.41) is 0. The van der Waals surface area contributed by atoms with Crippen molar-refractivity contribution in [3.63, 3.8) is 0 Å². The van der Waals surface area contributed by atoms with Gasteiger partial charge in [0.25, 0.3) is 0 Å². The highest BCUT2D eigenvalue weighted by Crippen LogP contribution is 2.46. The van der Waals surface area contributed by atoms with E-state index in [0.29, 0.717) is 45.9 Å². The van der Waals surface area contributed by atoms with Crippen molar-refractivity contribution >= 4 is 5.69 Å². The molecule has 2 aromatic rings. The van der Waals surface area contributed by atoms with E-state index in [0.717, 1.165) is 0 Å². The molecule has 0 amide bonds. The normalized spacial score (nSPS) is 10.0. The second-order valence-electron chi connectivity index (χ2n) is 4.72. The zero-order chi connectivity index (χ0) is 17.7. The molecular weight excluding hydrogens is 314 g/mol. The summed E-state index contributed by atoms with van der Waals surface area (Å²) in [4.78, 5) is 0. The molecule has 0 fully saturated rings. The molecule has 0 unspecified atom stereocenters. The van der Waals surface area contributed by atoms with Crippen molar-refractivity contribution in [1.29, 1.82) is 0 Å². The number of hydrogen-bond donors (Lipinski definition) is 1. The van der Waals surface area contributed by atoms with Gasteiger partial charge in [0.05, 0.1) is 35.5 Å². The third-order valence-corrected chi connectivity index (χ3v) is 3.34. The van der Waals surface area contributed by atoms with Crippen molar-refractivity contribution < 1.29 is 28.4 Å². The van der Waals surface area contributed by atoms with Gasteiger partial charge in [0, 0.05) is 30.0 Å². The van der Waals surface area contributed by atoms with Crippen molar-refractivity contribution in [1.82, 2.24) is 0 Å². The van der Waals surface area contributed by atoms with Gasteiger partial charge in [0.15, 0.2) is 23.0 Å². The molecule has 0 aliphatic heterocycles. The van der Waals surface area contributed by atoms with Gasteiger partial charge in [-0.2, -0.15) is 0 Å². The van der Waals surface area contributed by atoms with Crippen molar-refractivity contribution in [3.8, 4) is 40.2 Å². The topological polar surface area (TPSA) is 81.4 Å². The third kappa shape index (κ3) is 3.34. The number of rotatable bonds is 7. The van der Waals surface area contributed by atoms with E-state index >= 15 is 0 Å². The van der Waals surface area contributed by atoms with Crippen molar-refractivity contribution in [2.24, 2.45) is 0 Å². The minimum absolute atomic E-state index is 0.392. The average Bonchev–Trinajstić information content (AvgIpc) is 2.61. The first-order chi connectivity index (χ1) is 11.6. The highest BCUT2D eigenvalue weighted by atomic mass is 16.5. The number of nitrogen functional groups attached to an aromatic ring is 1. The van der Waals surface area contributed by atoms with Gasteiger partial charge in [-0.05, 0) is 0 Å². The molecule has 0 atom stereocenters. The minimum atomic E-state index is 0.392. The van der Waals surface area contributed by atoms with Gasteiger partial charge in [0.2, 0.25) is 11.5 Å². The third-order valence-electron chi connectivity index (χ3n) is 3.34. The average molecular weight is 335 g/mol. The molecule has 0 aromatic heterocycles. The van der Waals surface area contributed by atoms with Crippen LogP contribution in [0.15, 0.2) is 24.3 Å². The second-order valence-corrected chi connectivity index (χ2v) is 4.72. The van der Waals surface area contributed by atoms with E-state index in [9.17, 15) is 0 Å². The van der Waals surface area contributed by atoms with Gasteiger partial charge in [-0.25, -0.2) is 0 Å². The van der Waals surface area contributed by atoms with Crippen molar-refractivity contribution in [3.05, 3.63) is 24.3 Å². The zero-order valence-corrected chi connectivity index (χ0v) is 14.3. The summed E-state index contributed by atoms with van der Waals surface area (Å²) in [6, 6.07) is 6.65. The van der Waals surface area contributed by atoms with Gasteiger partial charge < -0.3 is 34.2 Å². The van der Waals surface area contributed by atoms with Gasteiger partial charge in [-0.3, -0.25) is 0 Å². The summed E-state index contributed by atoms with van der Waals surface area (Å²) in [6.45, 7) is 0. The van der Waals surface area contributed by atoms with Crippen LogP contribution in [0.25, 0.3) is 0 Å². The maximum atomic E-state index is 5.94. The molecule has 0 saturated heterocycles. The maximum absolute atomic E-state index is 5.94. The summed E-state index contributed by atoms with van der Waals surface area (Å²) in [6.07, 6.45) is 0. The quantitative estimate of drug-likeness (QED) is 0.779. The molecule has 0 bridgehead atoms. The largest absolute Gasteiger partial charge is 0.493 e. The van der Waals surface area contributed by atoms with Crippen LogP contribution in [-0.2, 0) is 0 Å². The molecule has 0 saturated carbocycles. The van der Waals surface area contributed by atoms with Crippen LogP contribution in [0, 0.1) is 0 Å². The Morgan fingerprint density at radius 3 is 1.38 bits per heavy atom. The van der Waals surface area contributed by atoms with E-state index in [1.807, 2.05) is 0 Å². The first-order valence-corrected chi connectivity index (χ1v) is 7.07. The Labute approximate surface area is 140 Å². The predicted molar refractivity (Wildman–Crippen MR) is 90.1 cm³/mol. The number of anilines is 1. The fourth-order valence-electron chi connectivity index (χ4n) is 2.23. The fraction of sp³-hybridized carbons (Fsp3) is 0.294. The van der Waals surface area contributed by atoms with Gasteiger partial charge in [-0.15, -0.1) is 0 Å². The lowest BCUT2D eigenvalue weighted by atomic mass is 10.2. The van der Waals surface area contributed by atoms with E-state index in [2.05, 4.69) is 0 Å². The zero-order valence-electron chi connectivity index (χ0n) is 14.3. The number of hydrogen-bond acceptors (Lipinski definition) is 7. The summed E-state index contributed by atoms with van der Waals surface area (Å²) >= 11 is 0. The fourth-order valence-corrected chi connectivity index (χ4v) is 2.23. The molecule has 0 spiro atoms. The molecule has 7 nitrogen and oxygen atoms in total. The monoisotopic (exact) mass is 335 g/mol. The first kappa shape index (κ1) is 17.4. The van der Waals surface area contributed by atoms with Crippen LogP contribution in [0.3, 0.4) is 0 Å². The Balaban J connectivity index is 2.52. The molecular formula is C17H21NO6. The highest BCUT2D eigenvalue weighted by molar-refractivity contribution is 5.63. The van der Waals surface area contributed by atoms with Gasteiger partial charge in [-0.1, -0.05) is 0 Å². The van der Waals surface area contributed by atoms with Gasteiger partial charge in [0.1, 0.15) is 5.75 Å². The summed E-state index contributed by atoms with van der Waals surface area (Å²) in [7, 11) is 7.65. The molecule has 130 valence electrons. The molecule has 7 heteroatoms. The summed E-state index contributed by atoms with van der Waals surface area (Å²) in [5.41, 5.74) is 6.33. The molecule has 2 aromatic carbocycles. The first-order valence-electron chi connectivity index (χ1n) is 7.07. The van der Waals surface area contributed by atoms with Crippen molar-refractivity contribution in [2.45, 2.75) is 0 Å².